The van der Waals surface area contributed by atoms with Gasteiger partial charge in [0.25, 0.3) is 5.91 Å². The van der Waals surface area contributed by atoms with Crippen LogP contribution < -0.4 is 16.2 Å². The van der Waals surface area contributed by atoms with Crippen LogP contribution in [-0.2, 0) is 34.8 Å². The van der Waals surface area contributed by atoms with Gasteiger partial charge in [-0.15, -0.1) is 11.3 Å². The molecule has 3 heterocycles. The van der Waals surface area contributed by atoms with Crippen LogP contribution in [0.4, 0.5) is 0 Å². The lowest BCUT2D eigenvalue weighted by atomic mass is 9.85. The number of hydrogen-bond acceptors (Lipinski definition) is 10. The third kappa shape index (κ3) is 10.3. The van der Waals surface area contributed by atoms with E-state index in [2.05, 4.69) is 44.8 Å². The number of fused-ring (bicyclic) bond motifs is 1. The first kappa shape index (κ1) is 44.5. The van der Waals surface area contributed by atoms with Gasteiger partial charge in [-0.3, -0.25) is 14.5 Å². The summed E-state index contributed by atoms with van der Waals surface area (Å²) in [5.74, 6) is -0.883. The molecule has 7 aromatic rings. The quantitative estimate of drug-likeness (QED) is 0.0527. The van der Waals surface area contributed by atoms with Crippen LogP contribution in [0.2, 0.25) is 5.02 Å². The second kappa shape index (κ2) is 20.2. The third-order valence-electron chi connectivity index (χ3n) is 11.8. The lowest BCUT2D eigenvalue weighted by molar-refractivity contribution is -0.164. The van der Waals surface area contributed by atoms with Gasteiger partial charge in [0.05, 0.1) is 24.8 Å². The Labute approximate surface area is 380 Å². The van der Waals surface area contributed by atoms with Crippen LogP contribution in [0.15, 0.2) is 144 Å². The van der Waals surface area contributed by atoms with Crippen molar-refractivity contribution in [3.05, 3.63) is 193 Å². The smallest absolute Gasteiger partial charge is 0.347 e. The molecule has 5 aromatic carbocycles. The van der Waals surface area contributed by atoms with Crippen molar-refractivity contribution in [2.24, 2.45) is 5.92 Å². The van der Waals surface area contributed by atoms with E-state index < -0.39 is 17.7 Å². The molecule has 2 aromatic heterocycles. The van der Waals surface area contributed by atoms with E-state index in [1.807, 2.05) is 42.5 Å². The van der Waals surface area contributed by atoms with E-state index in [1.54, 1.807) is 60.7 Å². The number of carbonyl (C=O) groups excluding carboxylic acids is 2. The van der Waals surface area contributed by atoms with Crippen LogP contribution in [0.3, 0.4) is 0 Å². The molecule has 1 unspecified atom stereocenters. The average Bonchev–Trinajstić information content (AvgIpc) is 3.81. The van der Waals surface area contributed by atoms with Crippen molar-refractivity contribution in [1.82, 2.24) is 20.5 Å². The maximum absolute atomic E-state index is 14.0. The van der Waals surface area contributed by atoms with Gasteiger partial charge in [-0.1, -0.05) is 103 Å². The van der Waals surface area contributed by atoms with E-state index in [0.29, 0.717) is 39.2 Å². The molecule has 11 nitrogen and oxygen atoms in total. The molecule has 2 atom stereocenters. The molecule has 1 aliphatic rings. The second-order valence-electron chi connectivity index (χ2n) is 16.1. The van der Waals surface area contributed by atoms with Crippen molar-refractivity contribution in [2.45, 2.75) is 44.2 Å². The molecule has 0 saturated carbocycles. The van der Waals surface area contributed by atoms with E-state index >= 15 is 0 Å². The molecular weight excluding hydrogens is 848 g/mol. The zero-order valence-corrected chi connectivity index (χ0v) is 36.6. The van der Waals surface area contributed by atoms with Gasteiger partial charge in [0.1, 0.15) is 5.75 Å². The molecule has 0 aliphatic carbocycles. The number of aliphatic hydroxyl groups excluding tert-OH is 1. The van der Waals surface area contributed by atoms with Gasteiger partial charge in [0.15, 0.2) is 0 Å². The van der Waals surface area contributed by atoms with Crippen molar-refractivity contribution in [1.29, 1.82) is 0 Å². The fourth-order valence-electron chi connectivity index (χ4n) is 8.16. The SMILES string of the molecule is O=C(NCc1ccc(-c2cccc(C(O)(C(=O)OCC3CCN(Cc4ccccc4)CC3)c3ccccc3)c2)s1)c1ccc(CNC[C@H](O)c2ccc(O)c3[nH]c(=O)ccc23)c(Cl)c1. The number of aromatic hydroxyl groups is 1. The number of carbonyl (C=O) groups is 2. The molecular formula is C51H49ClN4O7S. The Balaban J connectivity index is 0.861. The van der Waals surface area contributed by atoms with Gasteiger partial charge in [-0.25, -0.2) is 4.79 Å². The van der Waals surface area contributed by atoms with Crippen LogP contribution in [0, 0.1) is 5.92 Å². The number of pyridine rings is 1. The summed E-state index contributed by atoms with van der Waals surface area (Å²) in [5, 5.41) is 40.5. The Kier molecular flexibility index (Phi) is 14.0. The van der Waals surface area contributed by atoms with Crippen molar-refractivity contribution in [3.63, 3.8) is 0 Å². The first-order valence-electron chi connectivity index (χ1n) is 21.3. The van der Waals surface area contributed by atoms with Crippen LogP contribution >= 0.6 is 22.9 Å². The van der Waals surface area contributed by atoms with Gasteiger partial charge in [-0.05, 0) is 102 Å². The highest BCUT2D eigenvalue weighted by Gasteiger charge is 2.42. The highest BCUT2D eigenvalue weighted by molar-refractivity contribution is 7.15. The van der Waals surface area contributed by atoms with Crippen LogP contribution in [0.25, 0.3) is 21.3 Å². The van der Waals surface area contributed by atoms with Crippen molar-refractivity contribution in [3.8, 4) is 16.2 Å². The first-order chi connectivity index (χ1) is 31.0. The summed E-state index contributed by atoms with van der Waals surface area (Å²) in [4.78, 5) is 45.8. The van der Waals surface area contributed by atoms with Gasteiger partial charge in [0, 0.05) is 57.0 Å². The molecule has 0 bridgehead atoms. The van der Waals surface area contributed by atoms with E-state index in [4.69, 9.17) is 16.3 Å². The number of aromatic amines is 1. The second-order valence-corrected chi connectivity index (χ2v) is 17.7. The van der Waals surface area contributed by atoms with Crippen LogP contribution in [0.5, 0.6) is 5.75 Å². The predicted octanol–water partition coefficient (Wildman–Crippen LogP) is 8.06. The molecule has 1 saturated heterocycles. The average molecular weight is 897 g/mol. The van der Waals surface area contributed by atoms with Gasteiger partial charge < -0.3 is 35.7 Å². The number of esters is 1. The van der Waals surface area contributed by atoms with Crippen LogP contribution in [-0.4, -0.2) is 63.3 Å². The Morgan fingerprint density at radius 2 is 1.61 bits per heavy atom. The van der Waals surface area contributed by atoms with Crippen molar-refractivity contribution in [2.75, 3.05) is 26.2 Å². The zero-order chi connectivity index (χ0) is 44.6. The van der Waals surface area contributed by atoms with Gasteiger partial charge in [0.2, 0.25) is 11.2 Å². The predicted molar refractivity (Wildman–Crippen MR) is 250 cm³/mol. The van der Waals surface area contributed by atoms with Crippen LogP contribution in [0.1, 0.15) is 62.0 Å². The number of benzene rings is 5. The summed E-state index contributed by atoms with van der Waals surface area (Å²) >= 11 is 8.09. The number of phenols is 1. The largest absolute Gasteiger partial charge is 0.506 e. The van der Waals surface area contributed by atoms with E-state index in [-0.39, 0.29) is 48.3 Å². The number of likely N-dealkylation sites (tertiary alicyclic amines) is 1. The number of phenolic OH excluding ortho intramolecular Hbond substituents is 1. The number of rotatable bonds is 16. The molecule has 64 heavy (non-hydrogen) atoms. The first-order valence-corrected chi connectivity index (χ1v) is 22.5. The number of aromatic nitrogens is 1. The van der Waals surface area contributed by atoms with Crippen molar-refractivity contribution >= 4 is 45.7 Å². The summed E-state index contributed by atoms with van der Waals surface area (Å²) < 4.78 is 5.94. The number of hydrogen-bond donors (Lipinski definition) is 6. The molecule has 1 amide bonds. The van der Waals surface area contributed by atoms with Gasteiger partial charge >= 0.3 is 5.97 Å². The normalized spacial score (nSPS) is 14.8. The topological polar surface area (TPSA) is 164 Å². The van der Waals surface area contributed by atoms with E-state index in [1.165, 1.54) is 29.0 Å². The Hall–Kier alpha value is -6.12. The summed E-state index contributed by atoms with van der Waals surface area (Å²) in [6, 6.07) is 41.5. The molecule has 0 radical (unpaired) electrons. The molecule has 0 spiro atoms. The Morgan fingerprint density at radius 3 is 2.38 bits per heavy atom. The lowest BCUT2D eigenvalue weighted by Gasteiger charge is -2.33. The fraction of sp³-hybridized carbons (Fsp3) is 0.235. The number of halogens is 1. The minimum atomic E-state index is -2.03. The molecule has 13 heteroatoms. The number of nitrogens with zero attached hydrogens (tertiary/aromatic N) is 1. The highest BCUT2D eigenvalue weighted by atomic mass is 35.5. The third-order valence-corrected chi connectivity index (χ3v) is 13.3. The summed E-state index contributed by atoms with van der Waals surface area (Å²) in [7, 11) is 0. The van der Waals surface area contributed by atoms with Gasteiger partial charge in [-0.2, -0.15) is 0 Å². The number of ether oxygens (including phenoxy) is 1. The number of thiophene rings is 1. The fourth-order valence-corrected chi connectivity index (χ4v) is 9.35. The number of nitrogens with one attached hydrogen (secondary N) is 3. The van der Waals surface area contributed by atoms with E-state index in [9.17, 15) is 29.7 Å². The summed E-state index contributed by atoms with van der Waals surface area (Å²) in [6.45, 7) is 3.72. The molecule has 328 valence electrons. The molecule has 6 N–H and O–H groups in total. The number of aliphatic hydroxyl groups is 2. The number of amides is 1. The minimum absolute atomic E-state index is 0.0822. The molecule has 8 rings (SSSR count). The summed E-state index contributed by atoms with van der Waals surface area (Å²) in [5.41, 5.74) is 2.47. The van der Waals surface area contributed by atoms with E-state index in [0.717, 1.165) is 53.4 Å². The highest BCUT2D eigenvalue weighted by Crippen LogP contribution is 2.36. The Bertz CT molecular complexity index is 2790. The lowest BCUT2D eigenvalue weighted by Crippen LogP contribution is -2.40. The monoisotopic (exact) mass is 896 g/mol. The maximum Gasteiger partial charge on any atom is 0.347 e. The maximum atomic E-state index is 14.0. The standard InChI is InChI=1S/C51H49ClN4O7S/c52-43-27-36(14-15-37(43)28-53-30-45(58)41-17-19-44(57)48-42(41)18-21-47(59)55-48)49(60)54-29-40-16-20-46(64-40)35-10-7-13-39(26-35)51(62,38-11-5-2-6-12-38)50(61)63-32-34-22-24-56(25-23-34)31-33-8-3-1-4-9-33/h1-21,26-27,34,45,53,57-58,62H,22-25,28-32H2,(H,54,60)(H,55,59)/t45-,51?/m0/s1. The molecule has 1 fully saturated rings. The zero-order valence-electron chi connectivity index (χ0n) is 35.0. The number of H-pyrrole nitrogens is 1. The van der Waals surface area contributed by atoms with Crippen molar-refractivity contribution < 1.29 is 29.6 Å². The number of piperidine rings is 1. The Morgan fingerprint density at radius 1 is 0.859 bits per heavy atom. The minimum Gasteiger partial charge on any atom is -0.506 e. The molecule has 1 aliphatic heterocycles. The summed E-state index contributed by atoms with van der Waals surface area (Å²) in [6.07, 6.45) is 0.872.